The minimum Gasteiger partial charge on any atom is -0.301 e. The lowest BCUT2D eigenvalue weighted by molar-refractivity contribution is 0.295. The molecule has 0 fully saturated rings. The third-order valence-electron chi connectivity index (χ3n) is 3.69. The van der Waals surface area contributed by atoms with E-state index in [1.165, 1.54) is 16.7 Å². The number of likely N-dealkylation sites (N-methyl/N-ethyl adjacent to an activating group) is 1. The summed E-state index contributed by atoms with van der Waals surface area (Å²) in [6.45, 7) is 1.94. The van der Waals surface area contributed by atoms with Crippen molar-refractivity contribution in [2.45, 2.75) is 12.5 Å². The van der Waals surface area contributed by atoms with Crippen molar-refractivity contribution < 1.29 is 4.39 Å². The van der Waals surface area contributed by atoms with Crippen molar-refractivity contribution in [3.05, 3.63) is 69.4 Å². The van der Waals surface area contributed by atoms with Crippen LogP contribution in [0.4, 0.5) is 4.39 Å². The first-order valence-corrected chi connectivity index (χ1v) is 7.15. The Kier molecular flexibility index (Phi) is 3.42. The molecule has 0 amide bonds. The summed E-state index contributed by atoms with van der Waals surface area (Å²) in [5, 5.41) is 0. The number of benzene rings is 2. The normalized spacial score (nSPS) is 19.2. The zero-order valence-electron chi connectivity index (χ0n) is 10.7. The van der Waals surface area contributed by atoms with Crippen molar-refractivity contribution in [3.8, 4) is 0 Å². The van der Waals surface area contributed by atoms with E-state index in [1.54, 1.807) is 12.1 Å². The molecular weight excluding hydrogens is 305 g/mol. The maximum atomic E-state index is 13.1. The van der Waals surface area contributed by atoms with E-state index < -0.39 is 0 Å². The van der Waals surface area contributed by atoms with E-state index in [4.69, 9.17) is 0 Å². The zero-order valence-corrected chi connectivity index (χ0v) is 12.3. The average molecular weight is 320 g/mol. The van der Waals surface area contributed by atoms with Gasteiger partial charge in [0.2, 0.25) is 0 Å². The van der Waals surface area contributed by atoms with Crippen molar-refractivity contribution in [1.82, 2.24) is 4.90 Å². The fraction of sp³-hybridized carbons (Fsp3) is 0.250. The second-order valence-corrected chi connectivity index (χ2v) is 6.06. The van der Waals surface area contributed by atoms with Crippen LogP contribution in [0.25, 0.3) is 0 Å². The molecule has 0 aromatic heterocycles. The number of rotatable bonds is 1. The highest BCUT2D eigenvalue weighted by Gasteiger charge is 2.24. The van der Waals surface area contributed by atoms with E-state index in [0.29, 0.717) is 5.92 Å². The number of hydrogen-bond donors (Lipinski definition) is 0. The van der Waals surface area contributed by atoms with Crippen molar-refractivity contribution in [3.63, 3.8) is 0 Å². The second kappa shape index (κ2) is 5.06. The largest absolute Gasteiger partial charge is 0.301 e. The Hall–Kier alpha value is -1.19. The van der Waals surface area contributed by atoms with E-state index in [-0.39, 0.29) is 5.82 Å². The van der Waals surface area contributed by atoms with E-state index in [0.717, 1.165) is 17.6 Å². The van der Waals surface area contributed by atoms with Crippen molar-refractivity contribution in [1.29, 1.82) is 0 Å². The van der Waals surface area contributed by atoms with Gasteiger partial charge >= 0.3 is 0 Å². The first-order chi connectivity index (χ1) is 9.13. The Balaban J connectivity index is 2.05. The lowest BCUT2D eigenvalue weighted by Gasteiger charge is -2.32. The summed E-state index contributed by atoms with van der Waals surface area (Å²) in [7, 11) is 2.13. The molecule has 1 unspecified atom stereocenters. The molecule has 19 heavy (non-hydrogen) atoms. The van der Waals surface area contributed by atoms with Gasteiger partial charge in [-0.15, -0.1) is 0 Å². The minimum atomic E-state index is -0.177. The van der Waals surface area contributed by atoms with Crippen LogP contribution in [0.5, 0.6) is 0 Å². The van der Waals surface area contributed by atoms with Gasteiger partial charge in [0.05, 0.1) is 0 Å². The predicted octanol–water partition coefficient (Wildman–Crippen LogP) is 4.17. The molecular formula is C16H15BrFN. The molecule has 2 aromatic rings. The van der Waals surface area contributed by atoms with Crippen LogP contribution in [0.3, 0.4) is 0 Å². The van der Waals surface area contributed by atoms with Gasteiger partial charge in [-0.1, -0.05) is 34.1 Å². The third-order valence-corrected chi connectivity index (χ3v) is 4.18. The van der Waals surface area contributed by atoms with Gasteiger partial charge in [0, 0.05) is 23.5 Å². The zero-order chi connectivity index (χ0) is 13.4. The molecule has 1 aliphatic rings. The molecule has 3 heteroatoms. The van der Waals surface area contributed by atoms with Crippen LogP contribution in [-0.2, 0) is 6.54 Å². The van der Waals surface area contributed by atoms with E-state index in [1.807, 2.05) is 12.1 Å². The van der Waals surface area contributed by atoms with E-state index in [2.05, 4.69) is 46.1 Å². The van der Waals surface area contributed by atoms with Gasteiger partial charge in [0.1, 0.15) is 5.82 Å². The minimum absolute atomic E-state index is 0.177. The Morgan fingerprint density at radius 2 is 1.89 bits per heavy atom. The summed E-state index contributed by atoms with van der Waals surface area (Å²) < 4.78 is 14.2. The molecule has 3 rings (SSSR count). The molecule has 1 nitrogen and oxygen atoms in total. The van der Waals surface area contributed by atoms with Crippen LogP contribution in [0.15, 0.2) is 46.9 Å². The molecule has 0 spiro atoms. The highest BCUT2D eigenvalue weighted by atomic mass is 79.9. The van der Waals surface area contributed by atoms with E-state index in [9.17, 15) is 4.39 Å². The van der Waals surface area contributed by atoms with Crippen LogP contribution in [0, 0.1) is 5.82 Å². The monoisotopic (exact) mass is 319 g/mol. The Labute approximate surface area is 121 Å². The van der Waals surface area contributed by atoms with Gasteiger partial charge in [0.15, 0.2) is 0 Å². The summed E-state index contributed by atoms with van der Waals surface area (Å²) >= 11 is 3.53. The Morgan fingerprint density at radius 1 is 1.16 bits per heavy atom. The Morgan fingerprint density at radius 3 is 2.63 bits per heavy atom. The van der Waals surface area contributed by atoms with E-state index >= 15 is 0 Å². The van der Waals surface area contributed by atoms with Crippen LogP contribution < -0.4 is 0 Å². The quantitative estimate of drug-likeness (QED) is 0.762. The third kappa shape index (κ3) is 2.58. The van der Waals surface area contributed by atoms with Crippen LogP contribution in [-0.4, -0.2) is 18.5 Å². The van der Waals surface area contributed by atoms with Gasteiger partial charge in [-0.25, -0.2) is 4.39 Å². The first-order valence-electron chi connectivity index (χ1n) is 6.36. The number of halogens is 2. The van der Waals surface area contributed by atoms with Gasteiger partial charge in [0.25, 0.3) is 0 Å². The average Bonchev–Trinajstić information content (AvgIpc) is 2.38. The topological polar surface area (TPSA) is 3.24 Å². The van der Waals surface area contributed by atoms with Gasteiger partial charge in [-0.3, -0.25) is 0 Å². The summed E-state index contributed by atoms with van der Waals surface area (Å²) in [4.78, 5) is 2.31. The SMILES string of the molecule is CN1Cc2cc(Br)ccc2C(c2ccc(F)cc2)C1. The lowest BCUT2D eigenvalue weighted by atomic mass is 9.85. The number of fused-ring (bicyclic) bond motifs is 1. The van der Waals surface area contributed by atoms with Gasteiger partial charge in [-0.05, 0) is 48.0 Å². The maximum absolute atomic E-state index is 13.1. The number of nitrogens with zero attached hydrogens (tertiary/aromatic N) is 1. The van der Waals surface area contributed by atoms with Crippen molar-refractivity contribution in [2.75, 3.05) is 13.6 Å². The molecule has 0 saturated carbocycles. The molecule has 0 N–H and O–H groups in total. The van der Waals surface area contributed by atoms with Crippen molar-refractivity contribution >= 4 is 15.9 Å². The molecule has 0 aliphatic carbocycles. The fourth-order valence-corrected chi connectivity index (χ4v) is 3.21. The first kappa shape index (κ1) is 12.8. The standard InChI is InChI=1S/C16H15BrFN/c1-19-9-12-8-13(17)4-7-15(12)16(10-19)11-2-5-14(18)6-3-11/h2-8,16H,9-10H2,1H3. The van der Waals surface area contributed by atoms with Crippen LogP contribution in [0.1, 0.15) is 22.6 Å². The highest BCUT2D eigenvalue weighted by Crippen LogP contribution is 2.34. The van der Waals surface area contributed by atoms with Crippen molar-refractivity contribution in [2.24, 2.45) is 0 Å². The summed E-state index contributed by atoms with van der Waals surface area (Å²) in [5.74, 6) is 0.145. The molecule has 1 aliphatic heterocycles. The highest BCUT2D eigenvalue weighted by molar-refractivity contribution is 9.10. The summed E-state index contributed by atoms with van der Waals surface area (Å²) in [6, 6.07) is 13.3. The molecule has 0 radical (unpaired) electrons. The van der Waals surface area contributed by atoms with Gasteiger partial charge in [-0.2, -0.15) is 0 Å². The summed E-state index contributed by atoms with van der Waals surface area (Å²) in [5.41, 5.74) is 3.88. The molecule has 0 bridgehead atoms. The molecule has 0 saturated heterocycles. The Bertz CT molecular complexity index is 594. The lowest BCUT2D eigenvalue weighted by Crippen LogP contribution is -2.30. The molecule has 1 atom stereocenters. The molecule has 98 valence electrons. The van der Waals surface area contributed by atoms with Crippen LogP contribution in [0.2, 0.25) is 0 Å². The number of hydrogen-bond acceptors (Lipinski definition) is 1. The molecule has 2 aromatic carbocycles. The second-order valence-electron chi connectivity index (χ2n) is 5.14. The molecule has 1 heterocycles. The summed E-state index contributed by atoms with van der Waals surface area (Å²) in [6.07, 6.45) is 0. The van der Waals surface area contributed by atoms with Gasteiger partial charge < -0.3 is 4.90 Å². The smallest absolute Gasteiger partial charge is 0.123 e. The maximum Gasteiger partial charge on any atom is 0.123 e. The predicted molar refractivity (Wildman–Crippen MR) is 78.7 cm³/mol. The fourth-order valence-electron chi connectivity index (χ4n) is 2.80. The van der Waals surface area contributed by atoms with Crippen LogP contribution >= 0.6 is 15.9 Å².